The molecule has 2 N–H and O–H groups in total. The maximum Gasteiger partial charge on any atom is 0.275 e. The number of thiazole rings is 1. The van der Waals surface area contributed by atoms with Crippen molar-refractivity contribution in [2.24, 2.45) is 0 Å². The van der Waals surface area contributed by atoms with E-state index in [-0.39, 0.29) is 17.4 Å². The van der Waals surface area contributed by atoms with Crippen molar-refractivity contribution in [2.75, 3.05) is 5.32 Å². The van der Waals surface area contributed by atoms with Crippen LogP contribution in [0.1, 0.15) is 52.2 Å². The molecule has 0 bridgehead atoms. The summed E-state index contributed by atoms with van der Waals surface area (Å²) in [6.07, 6.45) is 0.684. The summed E-state index contributed by atoms with van der Waals surface area (Å²) in [5.74, 6) is -0.557. The van der Waals surface area contributed by atoms with Gasteiger partial charge in [-0.25, -0.2) is 4.98 Å². The molecule has 3 rings (SSSR count). The summed E-state index contributed by atoms with van der Waals surface area (Å²) < 4.78 is 0. The van der Waals surface area contributed by atoms with Crippen LogP contribution in [0.3, 0.4) is 0 Å². The highest BCUT2D eigenvalue weighted by atomic mass is 32.1. The van der Waals surface area contributed by atoms with Gasteiger partial charge in [-0.05, 0) is 38.5 Å². The second-order valence-corrected chi connectivity index (χ2v) is 8.44. The summed E-state index contributed by atoms with van der Waals surface area (Å²) in [7, 11) is 0. The van der Waals surface area contributed by atoms with Crippen molar-refractivity contribution < 1.29 is 9.59 Å². The molecule has 0 aliphatic rings. The second kappa shape index (κ2) is 8.35. The van der Waals surface area contributed by atoms with E-state index in [0.717, 1.165) is 10.6 Å². The highest BCUT2D eigenvalue weighted by molar-refractivity contribution is 7.09. The first-order chi connectivity index (χ1) is 13.3. The Bertz CT molecular complexity index is 975. The van der Waals surface area contributed by atoms with Gasteiger partial charge in [-0.3, -0.25) is 9.59 Å². The molecule has 2 aromatic carbocycles. The predicted octanol–water partition coefficient (Wildman–Crippen LogP) is 4.51. The lowest BCUT2D eigenvalue weighted by Crippen LogP contribution is -2.40. The Morgan fingerprint density at radius 2 is 1.64 bits per heavy atom. The number of para-hydroxylation sites is 1. The lowest BCUT2D eigenvalue weighted by Gasteiger charge is -2.21. The molecule has 28 heavy (non-hydrogen) atoms. The molecule has 0 aliphatic carbocycles. The van der Waals surface area contributed by atoms with Gasteiger partial charge >= 0.3 is 0 Å². The van der Waals surface area contributed by atoms with Crippen molar-refractivity contribution in [1.82, 2.24) is 10.3 Å². The van der Waals surface area contributed by atoms with E-state index in [0.29, 0.717) is 23.4 Å². The van der Waals surface area contributed by atoms with E-state index in [1.807, 2.05) is 51.1 Å². The van der Waals surface area contributed by atoms with Crippen LogP contribution in [0.4, 0.5) is 5.69 Å². The number of carbonyl (C=O) groups excluding carboxylic acids is 2. The van der Waals surface area contributed by atoms with E-state index >= 15 is 0 Å². The molecule has 0 atom stereocenters. The molecule has 1 heterocycles. The Kier molecular flexibility index (Phi) is 5.90. The number of aromatic nitrogens is 1. The average Bonchev–Trinajstić information content (AvgIpc) is 3.10. The largest absolute Gasteiger partial charge is 0.347 e. The van der Waals surface area contributed by atoms with E-state index in [9.17, 15) is 9.59 Å². The van der Waals surface area contributed by atoms with Gasteiger partial charge in [-0.2, -0.15) is 0 Å². The van der Waals surface area contributed by atoms with E-state index in [2.05, 4.69) is 15.6 Å². The number of hydrogen-bond donors (Lipinski definition) is 2. The van der Waals surface area contributed by atoms with Gasteiger partial charge < -0.3 is 10.6 Å². The van der Waals surface area contributed by atoms with Crippen LogP contribution in [0, 0.1) is 0 Å². The van der Waals surface area contributed by atoms with Crippen LogP contribution >= 0.6 is 11.3 Å². The zero-order valence-corrected chi connectivity index (χ0v) is 17.0. The molecular weight excluding hydrogens is 370 g/mol. The summed E-state index contributed by atoms with van der Waals surface area (Å²) in [4.78, 5) is 29.6. The van der Waals surface area contributed by atoms with Gasteiger partial charge in [0.15, 0.2) is 0 Å². The summed E-state index contributed by atoms with van der Waals surface area (Å²) in [5, 5.41) is 8.34. The molecule has 6 heteroatoms. The molecule has 0 saturated carbocycles. The van der Waals surface area contributed by atoms with Gasteiger partial charge in [0, 0.05) is 17.3 Å². The van der Waals surface area contributed by atoms with Gasteiger partial charge in [-0.15, -0.1) is 11.3 Å². The molecule has 3 aromatic rings. The van der Waals surface area contributed by atoms with Gasteiger partial charge in [0.1, 0.15) is 5.69 Å². The molecule has 144 valence electrons. The average molecular weight is 394 g/mol. The minimum atomic E-state index is -0.366. The van der Waals surface area contributed by atoms with Gasteiger partial charge in [0.25, 0.3) is 11.8 Å². The van der Waals surface area contributed by atoms with E-state index < -0.39 is 0 Å². The number of rotatable bonds is 5. The lowest BCUT2D eigenvalue weighted by atomic mass is 10.1. The minimum absolute atomic E-state index is 0.230. The number of anilines is 1. The molecule has 5 nitrogen and oxygen atoms in total. The number of nitrogens with zero attached hydrogens (tertiary/aromatic N) is 1. The van der Waals surface area contributed by atoms with Crippen LogP contribution in [-0.2, 0) is 6.42 Å². The molecule has 0 unspecified atom stereocenters. The first-order valence-electron chi connectivity index (χ1n) is 9.03. The standard InChI is InChI=1S/C22H23N3O2S/c1-22(2,3)25-20(26)16-11-7-8-12-17(16)24-21(27)18-14-28-19(23-18)13-15-9-5-4-6-10-15/h4-12,14H,13H2,1-3H3,(H,24,27)(H,25,26). The molecule has 2 amide bonds. The van der Waals surface area contributed by atoms with Crippen LogP contribution in [0.5, 0.6) is 0 Å². The van der Waals surface area contributed by atoms with Crippen LogP contribution in [0.25, 0.3) is 0 Å². The van der Waals surface area contributed by atoms with Gasteiger partial charge in [-0.1, -0.05) is 42.5 Å². The maximum atomic E-state index is 12.6. The zero-order chi connectivity index (χ0) is 20.1. The maximum absolute atomic E-state index is 12.6. The van der Waals surface area contributed by atoms with Gasteiger partial charge in [0.2, 0.25) is 0 Å². The fraction of sp³-hybridized carbons (Fsp3) is 0.227. The number of nitrogens with one attached hydrogen (secondary N) is 2. The van der Waals surface area contributed by atoms with Crippen LogP contribution in [0.15, 0.2) is 60.0 Å². The quantitative estimate of drug-likeness (QED) is 0.670. The topological polar surface area (TPSA) is 71.1 Å². The molecule has 0 saturated heterocycles. The fourth-order valence-electron chi connectivity index (χ4n) is 2.65. The highest BCUT2D eigenvalue weighted by Crippen LogP contribution is 2.19. The van der Waals surface area contributed by atoms with E-state index in [1.165, 1.54) is 11.3 Å². The van der Waals surface area contributed by atoms with Crippen molar-refractivity contribution >= 4 is 28.8 Å². The summed E-state index contributed by atoms with van der Waals surface area (Å²) in [6.45, 7) is 5.74. The van der Waals surface area contributed by atoms with Crippen molar-refractivity contribution in [3.8, 4) is 0 Å². The van der Waals surface area contributed by atoms with E-state index in [4.69, 9.17) is 0 Å². The zero-order valence-electron chi connectivity index (χ0n) is 16.2. The Morgan fingerprint density at radius 3 is 2.36 bits per heavy atom. The van der Waals surface area contributed by atoms with Crippen molar-refractivity contribution in [2.45, 2.75) is 32.7 Å². The second-order valence-electron chi connectivity index (χ2n) is 7.49. The minimum Gasteiger partial charge on any atom is -0.347 e. The monoisotopic (exact) mass is 393 g/mol. The SMILES string of the molecule is CC(C)(C)NC(=O)c1ccccc1NC(=O)c1csc(Cc2ccccc2)n1. The molecule has 0 radical (unpaired) electrons. The van der Waals surface area contributed by atoms with Crippen LogP contribution < -0.4 is 10.6 Å². The summed E-state index contributed by atoms with van der Waals surface area (Å²) >= 11 is 1.45. The Hall–Kier alpha value is -2.99. The van der Waals surface area contributed by atoms with Crippen molar-refractivity contribution in [3.63, 3.8) is 0 Å². The predicted molar refractivity (Wildman–Crippen MR) is 113 cm³/mol. The fourth-order valence-corrected chi connectivity index (χ4v) is 3.46. The molecule has 0 aliphatic heterocycles. The number of carbonyl (C=O) groups is 2. The molecule has 0 spiro atoms. The summed E-state index contributed by atoms with van der Waals surface area (Å²) in [5.41, 5.74) is 2.02. The van der Waals surface area contributed by atoms with Gasteiger partial charge in [0.05, 0.1) is 16.3 Å². The Morgan fingerprint density at radius 1 is 0.964 bits per heavy atom. The van der Waals surface area contributed by atoms with Crippen molar-refractivity contribution in [1.29, 1.82) is 0 Å². The summed E-state index contributed by atoms with van der Waals surface area (Å²) in [6, 6.07) is 17.0. The highest BCUT2D eigenvalue weighted by Gasteiger charge is 2.19. The Balaban J connectivity index is 1.73. The lowest BCUT2D eigenvalue weighted by molar-refractivity contribution is 0.0920. The van der Waals surface area contributed by atoms with Crippen LogP contribution in [0.2, 0.25) is 0 Å². The van der Waals surface area contributed by atoms with Crippen molar-refractivity contribution in [3.05, 3.63) is 81.8 Å². The third-order valence-electron chi connectivity index (χ3n) is 3.89. The number of benzene rings is 2. The third kappa shape index (κ3) is 5.27. The Labute approximate surface area is 168 Å². The molecule has 1 aromatic heterocycles. The number of amides is 2. The smallest absolute Gasteiger partial charge is 0.275 e. The molecule has 0 fully saturated rings. The number of hydrogen-bond acceptors (Lipinski definition) is 4. The van der Waals surface area contributed by atoms with Crippen LogP contribution in [-0.4, -0.2) is 22.3 Å². The molecular formula is C22H23N3O2S. The normalized spacial score (nSPS) is 11.1. The first-order valence-corrected chi connectivity index (χ1v) is 9.91. The third-order valence-corrected chi connectivity index (χ3v) is 4.74. The van der Waals surface area contributed by atoms with E-state index in [1.54, 1.807) is 29.6 Å². The first kappa shape index (κ1) is 19.8.